The van der Waals surface area contributed by atoms with Gasteiger partial charge in [0.15, 0.2) is 0 Å². The molecule has 0 aromatic heterocycles. The second-order valence-corrected chi connectivity index (χ2v) is 5.37. The zero-order chi connectivity index (χ0) is 15.1. The van der Waals surface area contributed by atoms with Gasteiger partial charge in [-0.1, -0.05) is 28.1 Å². The molecule has 2 N–H and O–H groups in total. The number of ether oxygens (including phenoxy) is 2. The highest BCUT2D eigenvalue weighted by molar-refractivity contribution is 9.10. The zero-order valence-electron chi connectivity index (χ0n) is 11.4. The summed E-state index contributed by atoms with van der Waals surface area (Å²) in [6.45, 7) is 0.553. The molecule has 110 valence electrons. The van der Waals surface area contributed by atoms with Crippen LogP contribution in [0.25, 0.3) is 0 Å². The number of carbonyl (C=O) groups is 1. The predicted octanol–water partition coefficient (Wildman–Crippen LogP) is 3.54. The van der Waals surface area contributed by atoms with Gasteiger partial charge >= 0.3 is 5.97 Å². The van der Waals surface area contributed by atoms with Crippen LogP contribution in [0.3, 0.4) is 0 Å². The van der Waals surface area contributed by atoms with E-state index in [1.165, 1.54) is 0 Å². The average Bonchev–Trinajstić information content (AvgIpc) is 2.49. The summed E-state index contributed by atoms with van der Waals surface area (Å²) >= 11 is 3.35. The molecule has 0 amide bonds. The van der Waals surface area contributed by atoms with Crippen molar-refractivity contribution in [3.05, 3.63) is 58.6 Å². The topological polar surface area (TPSA) is 61.5 Å². The molecule has 0 atom stereocenters. The highest BCUT2D eigenvalue weighted by Gasteiger charge is 2.04. The quantitative estimate of drug-likeness (QED) is 0.639. The first-order chi connectivity index (χ1) is 10.1. The van der Waals surface area contributed by atoms with E-state index in [1.807, 2.05) is 24.3 Å². The number of nitrogen functional groups attached to an aromatic ring is 1. The third-order valence-corrected chi connectivity index (χ3v) is 3.30. The van der Waals surface area contributed by atoms with Crippen LogP contribution in [-0.4, -0.2) is 12.6 Å². The molecular formula is C16H16BrNO3. The van der Waals surface area contributed by atoms with E-state index in [9.17, 15) is 4.79 Å². The second kappa shape index (κ2) is 7.69. The molecule has 0 bridgehead atoms. The Balaban J connectivity index is 1.67. The Bertz CT molecular complexity index is 581. The van der Waals surface area contributed by atoms with E-state index in [2.05, 4.69) is 15.9 Å². The number of benzene rings is 2. The maximum atomic E-state index is 11.6. The van der Waals surface area contributed by atoms with Crippen molar-refractivity contribution < 1.29 is 14.3 Å². The lowest BCUT2D eigenvalue weighted by molar-refractivity contribution is -0.145. The van der Waals surface area contributed by atoms with Crippen molar-refractivity contribution in [1.82, 2.24) is 0 Å². The number of hydrogen-bond acceptors (Lipinski definition) is 4. The zero-order valence-corrected chi connectivity index (χ0v) is 13.0. The lowest BCUT2D eigenvalue weighted by Crippen LogP contribution is -2.09. The monoisotopic (exact) mass is 349 g/mol. The summed E-state index contributed by atoms with van der Waals surface area (Å²) in [4.78, 5) is 11.6. The molecule has 0 saturated heterocycles. The third kappa shape index (κ3) is 5.47. The second-order valence-electron chi connectivity index (χ2n) is 4.45. The van der Waals surface area contributed by atoms with Crippen LogP contribution < -0.4 is 10.5 Å². The first kappa shape index (κ1) is 15.4. The van der Waals surface area contributed by atoms with E-state index < -0.39 is 0 Å². The fraction of sp³-hybridized carbons (Fsp3) is 0.188. The van der Waals surface area contributed by atoms with Crippen molar-refractivity contribution in [3.8, 4) is 5.75 Å². The van der Waals surface area contributed by atoms with Gasteiger partial charge < -0.3 is 15.2 Å². The molecular weight excluding hydrogens is 334 g/mol. The van der Waals surface area contributed by atoms with E-state index in [0.29, 0.717) is 11.4 Å². The summed E-state index contributed by atoms with van der Waals surface area (Å²) in [5.74, 6) is 0.401. The lowest BCUT2D eigenvalue weighted by atomic mass is 10.2. The van der Waals surface area contributed by atoms with Gasteiger partial charge in [0, 0.05) is 10.2 Å². The summed E-state index contributed by atoms with van der Waals surface area (Å²) in [6.07, 6.45) is 0.209. The van der Waals surface area contributed by atoms with Gasteiger partial charge in [0.1, 0.15) is 12.4 Å². The molecule has 5 heteroatoms. The molecule has 0 aliphatic carbocycles. The van der Waals surface area contributed by atoms with Crippen molar-refractivity contribution in [3.63, 3.8) is 0 Å². The van der Waals surface area contributed by atoms with E-state index in [-0.39, 0.29) is 25.6 Å². The molecule has 2 rings (SSSR count). The van der Waals surface area contributed by atoms with Gasteiger partial charge in [-0.15, -0.1) is 0 Å². The van der Waals surface area contributed by atoms with Crippen LogP contribution in [-0.2, 0) is 16.1 Å². The van der Waals surface area contributed by atoms with Crippen molar-refractivity contribution in [2.24, 2.45) is 0 Å². The molecule has 0 aliphatic heterocycles. The van der Waals surface area contributed by atoms with Crippen LogP contribution in [0.15, 0.2) is 53.0 Å². The number of esters is 1. The lowest BCUT2D eigenvalue weighted by Gasteiger charge is -2.07. The van der Waals surface area contributed by atoms with Crippen molar-refractivity contribution in [1.29, 1.82) is 0 Å². The van der Waals surface area contributed by atoms with E-state index in [1.54, 1.807) is 24.3 Å². The van der Waals surface area contributed by atoms with Crippen molar-refractivity contribution in [2.45, 2.75) is 13.0 Å². The minimum Gasteiger partial charge on any atom is -0.493 e. The van der Waals surface area contributed by atoms with Crippen LogP contribution in [0.4, 0.5) is 5.69 Å². The number of carbonyl (C=O) groups excluding carboxylic acids is 1. The number of anilines is 1. The van der Waals surface area contributed by atoms with Crippen LogP contribution >= 0.6 is 15.9 Å². The maximum Gasteiger partial charge on any atom is 0.309 e. The smallest absolute Gasteiger partial charge is 0.309 e. The summed E-state index contributed by atoms with van der Waals surface area (Å²) in [5.41, 5.74) is 7.20. The van der Waals surface area contributed by atoms with Gasteiger partial charge in [0.25, 0.3) is 0 Å². The molecule has 0 heterocycles. The number of nitrogens with two attached hydrogens (primary N) is 1. The Morgan fingerprint density at radius 1 is 1.05 bits per heavy atom. The average molecular weight is 350 g/mol. The normalized spacial score (nSPS) is 10.1. The standard InChI is InChI=1S/C16H16BrNO3/c17-13-3-1-12(2-4-13)11-21-16(19)9-10-20-15-7-5-14(18)6-8-15/h1-8H,9-11,18H2. The van der Waals surface area contributed by atoms with Gasteiger partial charge in [-0.25, -0.2) is 0 Å². The minimum atomic E-state index is -0.284. The maximum absolute atomic E-state index is 11.6. The molecule has 0 saturated carbocycles. The number of hydrogen-bond donors (Lipinski definition) is 1. The van der Waals surface area contributed by atoms with Crippen LogP contribution in [0, 0.1) is 0 Å². The van der Waals surface area contributed by atoms with Gasteiger partial charge in [0.05, 0.1) is 13.0 Å². The molecule has 0 aliphatic rings. The van der Waals surface area contributed by atoms with Crippen LogP contribution in [0.1, 0.15) is 12.0 Å². The first-order valence-electron chi connectivity index (χ1n) is 6.52. The summed E-state index contributed by atoms with van der Waals surface area (Å²) in [6, 6.07) is 14.7. The van der Waals surface area contributed by atoms with Crippen LogP contribution in [0.5, 0.6) is 5.75 Å². The van der Waals surface area contributed by atoms with E-state index in [4.69, 9.17) is 15.2 Å². The fourth-order valence-corrected chi connectivity index (χ4v) is 1.90. The van der Waals surface area contributed by atoms with Gasteiger partial charge in [0.2, 0.25) is 0 Å². The minimum absolute atomic E-state index is 0.209. The first-order valence-corrected chi connectivity index (χ1v) is 7.31. The molecule has 0 unspecified atom stereocenters. The van der Waals surface area contributed by atoms with Crippen molar-refractivity contribution in [2.75, 3.05) is 12.3 Å². The highest BCUT2D eigenvalue weighted by Crippen LogP contribution is 2.14. The predicted molar refractivity (Wildman–Crippen MR) is 84.9 cm³/mol. The molecule has 2 aromatic rings. The Kier molecular flexibility index (Phi) is 5.63. The largest absolute Gasteiger partial charge is 0.493 e. The van der Waals surface area contributed by atoms with Crippen molar-refractivity contribution >= 4 is 27.6 Å². The SMILES string of the molecule is Nc1ccc(OCCC(=O)OCc2ccc(Br)cc2)cc1. The Labute approximate surface area is 132 Å². The molecule has 0 spiro atoms. The molecule has 2 aromatic carbocycles. The molecule has 0 radical (unpaired) electrons. The molecule has 4 nitrogen and oxygen atoms in total. The highest BCUT2D eigenvalue weighted by atomic mass is 79.9. The Morgan fingerprint density at radius 2 is 1.71 bits per heavy atom. The summed E-state index contributed by atoms with van der Waals surface area (Å²) in [7, 11) is 0. The van der Waals surface area contributed by atoms with Gasteiger partial charge in [-0.3, -0.25) is 4.79 Å². The van der Waals surface area contributed by atoms with Crippen LogP contribution in [0.2, 0.25) is 0 Å². The fourth-order valence-electron chi connectivity index (χ4n) is 1.63. The summed E-state index contributed by atoms with van der Waals surface area (Å²) < 4.78 is 11.6. The van der Waals surface area contributed by atoms with Gasteiger partial charge in [-0.2, -0.15) is 0 Å². The van der Waals surface area contributed by atoms with E-state index >= 15 is 0 Å². The molecule has 21 heavy (non-hydrogen) atoms. The summed E-state index contributed by atoms with van der Waals surface area (Å²) in [5, 5.41) is 0. The van der Waals surface area contributed by atoms with Gasteiger partial charge in [-0.05, 0) is 42.0 Å². The Hall–Kier alpha value is -2.01. The number of halogens is 1. The van der Waals surface area contributed by atoms with E-state index in [0.717, 1.165) is 10.0 Å². The third-order valence-electron chi connectivity index (χ3n) is 2.77. The Morgan fingerprint density at radius 3 is 2.38 bits per heavy atom. The number of rotatable bonds is 6. The molecule has 0 fully saturated rings.